The third-order valence-corrected chi connectivity index (χ3v) is 5.63. The second kappa shape index (κ2) is 6.11. The molecule has 2 aliphatic rings. The lowest BCUT2D eigenvalue weighted by Gasteiger charge is -2.35. The number of ether oxygens (including phenoxy) is 3. The van der Waals surface area contributed by atoms with Gasteiger partial charge >= 0.3 is 0 Å². The highest BCUT2D eigenvalue weighted by atomic mass is 32.1. The summed E-state index contributed by atoms with van der Waals surface area (Å²) in [5, 5.41) is 1.93. The van der Waals surface area contributed by atoms with Crippen LogP contribution in [0, 0.1) is 0 Å². The zero-order valence-corrected chi connectivity index (χ0v) is 14.5. The summed E-state index contributed by atoms with van der Waals surface area (Å²) in [5.74, 6) is 2.25. The van der Waals surface area contributed by atoms with Crippen molar-refractivity contribution >= 4 is 17.1 Å². The molecule has 2 aromatic rings. The minimum absolute atomic E-state index is 0.0206. The molecular formula is C18H19NO4S. The van der Waals surface area contributed by atoms with Crippen molar-refractivity contribution in [2.75, 3.05) is 27.5 Å². The van der Waals surface area contributed by atoms with Gasteiger partial charge in [0.1, 0.15) is 0 Å². The number of thiophene rings is 1. The topological polar surface area (TPSA) is 48.0 Å². The monoisotopic (exact) mass is 345 g/mol. The Hall–Kier alpha value is -2.05. The SMILES string of the molecule is COc1c2c(cc3c1[C@H](CC(=O)c1cccs1)N(C)CC3)OCO2. The van der Waals surface area contributed by atoms with Crippen LogP contribution in [0.4, 0.5) is 0 Å². The van der Waals surface area contributed by atoms with Gasteiger partial charge in [0, 0.05) is 24.6 Å². The Kier molecular flexibility index (Phi) is 3.94. The molecule has 0 spiro atoms. The normalized spacial score (nSPS) is 19.2. The number of ketones is 1. The van der Waals surface area contributed by atoms with E-state index in [0.717, 1.165) is 29.2 Å². The number of carbonyl (C=O) groups excluding carboxylic acids is 1. The maximum absolute atomic E-state index is 12.6. The van der Waals surface area contributed by atoms with Crippen molar-refractivity contribution in [3.8, 4) is 17.2 Å². The van der Waals surface area contributed by atoms with Gasteiger partial charge in [-0.25, -0.2) is 0 Å². The molecule has 5 nitrogen and oxygen atoms in total. The third-order valence-electron chi connectivity index (χ3n) is 4.72. The molecule has 3 heterocycles. The highest BCUT2D eigenvalue weighted by Gasteiger charge is 2.35. The van der Waals surface area contributed by atoms with Crippen molar-refractivity contribution < 1.29 is 19.0 Å². The first kappa shape index (κ1) is 15.5. The molecule has 0 fully saturated rings. The molecule has 0 aliphatic carbocycles. The molecular weight excluding hydrogens is 326 g/mol. The van der Waals surface area contributed by atoms with Crippen LogP contribution in [0.5, 0.6) is 17.2 Å². The van der Waals surface area contributed by atoms with Gasteiger partial charge in [0.25, 0.3) is 0 Å². The van der Waals surface area contributed by atoms with Crippen molar-refractivity contribution in [3.63, 3.8) is 0 Å². The molecule has 2 aliphatic heterocycles. The molecule has 0 amide bonds. The number of hydrogen-bond donors (Lipinski definition) is 0. The summed E-state index contributed by atoms with van der Waals surface area (Å²) in [6.45, 7) is 1.11. The molecule has 1 aromatic carbocycles. The van der Waals surface area contributed by atoms with Gasteiger partial charge in [-0.1, -0.05) is 6.07 Å². The maximum atomic E-state index is 12.6. The summed E-state index contributed by atoms with van der Waals surface area (Å²) in [4.78, 5) is 15.7. The van der Waals surface area contributed by atoms with E-state index in [9.17, 15) is 4.79 Å². The first-order chi connectivity index (χ1) is 11.7. The number of rotatable bonds is 4. The van der Waals surface area contributed by atoms with Crippen LogP contribution in [-0.4, -0.2) is 38.2 Å². The van der Waals surface area contributed by atoms with Crippen LogP contribution in [0.1, 0.15) is 33.3 Å². The Morgan fingerprint density at radius 3 is 3.08 bits per heavy atom. The van der Waals surface area contributed by atoms with Gasteiger partial charge in [0.2, 0.25) is 12.5 Å². The van der Waals surface area contributed by atoms with Gasteiger partial charge in [-0.15, -0.1) is 11.3 Å². The molecule has 0 saturated heterocycles. The lowest BCUT2D eigenvalue weighted by atomic mass is 9.88. The van der Waals surface area contributed by atoms with Crippen LogP contribution >= 0.6 is 11.3 Å². The molecule has 0 radical (unpaired) electrons. The standard InChI is InChI=1S/C18H19NO4S/c1-19-6-5-11-8-14-17(23-10-22-14)18(21-2)16(11)12(19)9-13(20)15-4-3-7-24-15/h3-4,7-8,12H,5-6,9-10H2,1-2H3/t12-/m0/s1. The third kappa shape index (κ3) is 2.46. The average Bonchev–Trinajstić information content (AvgIpc) is 3.26. The van der Waals surface area contributed by atoms with E-state index >= 15 is 0 Å². The van der Waals surface area contributed by atoms with E-state index in [4.69, 9.17) is 14.2 Å². The number of Topliss-reactive ketones (excluding diaryl/α,β-unsaturated/α-hetero) is 1. The number of hydrogen-bond acceptors (Lipinski definition) is 6. The lowest BCUT2D eigenvalue weighted by Crippen LogP contribution is -2.34. The zero-order chi connectivity index (χ0) is 16.7. The van der Waals surface area contributed by atoms with Gasteiger partial charge in [-0.2, -0.15) is 0 Å². The Morgan fingerprint density at radius 2 is 2.33 bits per heavy atom. The highest BCUT2D eigenvalue weighted by molar-refractivity contribution is 7.12. The molecule has 1 aromatic heterocycles. The van der Waals surface area contributed by atoms with E-state index in [1.807, 2.05) is 23.6 Å². The second-order valence-electron chi connectivity index (χ2n) is 6.07. The van der Waals surface area contributed by atoms with Crippen LogP contribution in [0.3, 0.4) is 0 Å². The number of likely N-dealkylation sites (N-methyl/N-ethyl adjacent to an activating group) is 1. The molecule has 0 bridgehead atoms. The first-order valence-corrected chi connectivity index (χ1v) is 8.83. The smallest absolute Gasteiger partial charge is 0.231 e. The number of nitrogens with zero attached hydrogens (tertiary/aromatic N) is 1. The Balaban J connectivity index is 1.75. The van der Waals surface area contributed by atoms with Gasteiger partial charge < -0.3 is 14.2 Å². The van der Waals surface area contributed by atoms with Crippen LogP contribution in [0.2, 0.25) is 0 Å². The van der Waals surface area contributed by atoms with Crippen molar-refractivity contribution in [1.29, 1.82) is 0 Å². The number of benzene rings is 1. The first-order valence-electron chi connectivity index (χ1n) is 7.95. The van der Waals surface area contributed by atoms with Gasteiger partial charge in [0.05, 0.1) is 12.0 Å². The van der Waals surface area contributed by atoms with E-state index in [0.29, 0.717) is 17.9 Å². The van der Waals surface area contributed by atoms with Gasteiger partial charge in [0.15, 0.2) is 17.3 Å². The van der Waals surface area contributed by atoms with Gasteiger partial charge in [-0.05, 0) is 36.5 Å². The fourth-order valence-corrected chi connectivity index (χ4v) is 4.17. The highest BCUT2D eigenvalue weighted by Crippen LogP contribution is 2.50. The van der Waals surface area contributed by atoms with Crippen LogP contribution < -0.4 is 14.2 Å². The Bertz CT molecular complexity index is 772. The van der Waals surface area contributed by atoms with Crippen molar-refractivity contribution in [2.24, 2.45) is 0 Å². The summed E-state index contributed by atoms with van der Waals surface area (Å²) in [6, 6.07) is 5.81. The molecule has 1 atom stereocenters. The second-order valence-corrected chi connectivity index (χ2v) is 7.02. The molecule has 0 saturated carbocycles. The lowest BCUT2D eigenvalue weighted by molar-refractivity contribution is 0.0929. The summed E-state index contributed by atoms with van der Waals surface area (Å²) in [5.41, 5.74) is 2.23. The van der Waals surface area contributed by atoms with E-state index in [1.165, 1.54) is 16.9 Å². The van der Waals surface area contributed by atoms with Gasteiger partial charge in [-0.3, -0.25) is 9.69 Å². The van der Waals surface area contributed by atoms with Crippen LogP contribution in [0.25, 0.3) is 0 Å². The predicted octanol–water partition coefficient (Wildman–Crippen LogP) is 3.29. The van der Waals surface area contributed by atoms with E-state index in [1.54, 1.807) is 7.11 Å². The van der Waals surface area contributed by atoms with Crippen molar-refractivity contribution in [1.82, 2.24) is 4.90 Å². The van der Waals surface area contributed by atoms with E-state index in [-0.39, 0.29) is 18.6 Å². The quantitative estimate of drug-likeness (QED) is 0.796. The van der Waals surface area contributed by atoms with Crippen molar-refractivity contribution in [2.45, 2.75) is 18.9 Å². The zero-order valence-electron chi connectivity index (χ0n) is 13.7. The van der Waals surface area contributed by atoms with E-state index < -0.39 is 0 Å². The molecule has 126 valence electrons. The average molecular weight is 345 g/mol. The summed E-state index contributed by atoms with van der Waals surface area (Å²) in [6.07, 6.45) is 1.34. The van der Waals surface area contributed by atoms with Crippen LogP contribution in [0.15, 0.2) is 23.6 Å². The fourth-order valence-electron chi connectivity index (χ4n) is 3.50. The summed E-state index contributed by atoms with van der Waals surface area (Å²) >= 11 is 1.49. The minimum Gasteiger partial charge on any atom is -0.492 e. The van der Waals surface area contributed by atoms with Crippen molar-refractivity contribution in [3.05, 3.63) is 39.6 Å². The largest absolute Gasteiger partial charge is 0.492 e. The maximum Gasteiger partial charge on any atom is 0.231 e. The summed E-state index contributed by atoms with van der Waals surface area (Å²) in [7, 11) is 3.70. The summed E-state index contributed by atoms with van der Waals surface area (Å²) < 4.78 is 16.8. The Labute approximate surface area is 144 Å². The molecule has 0 N–H and O–H groups in total. The van der Waals surface area contributed by atoms with Crippen LogP contribution in [-0.2, 0) is 6.42 Å². The number of fused-ring (bicyclic) bond motifs is 2. The fraction of sp³-hybridized carbons (Fsp3) is 0.389. The molecule has 4 rings (SSSR count). The Morgan fingerprint density at radius 1 is 1.46 bits per heavy atom. The molecule has 6 heteroatoms. The molecule has 24 heavy (non-hydrogen) atoms. The number of carbonyl (C=O) groups is 1. The minimum atomic E-state index is -0.0206. The molecule has 0 unspecified atom stereocenters. The number of methoxy groups -OCH3 is 1. The van der Waals surface area contributed by atoms with E-state index in [2.05, 4.69) is 11.9 Å². The predicted molar refractivity (Wildman–Crippen MR) is 91.5 cm³/mol.